The fourth-order valence-electron chi connectivity index (χ4n) is 4.63. The number of nitrogens with one attached hydrogen (secondary N) is 1. The smallest absolute Gasteiger partial charge is 0.216 e. The molecular formula is C25H25FN6O. The highest BCUT2D eigenvalue weighted by Gasteiger charge is 2.45. The van der Waals surface area contributed by atoms with Crippen LogP contribution in [0.5, 0.6) is 0 Å². The molecule has 2 aromatic carbocycles. The fourth-order valence-corrected chi connectivity index (χ4v) is 4.63. The zero-order valence-electron chi connectivity index (χ0n) is 19.0. The molecule has 1 aliphatic rings. The van der Waals surface area contributed by atoms with Crippen LogP contribution in [0.1, 0.15) is 29.8 Å². The molecule has 2 aromatic heterocycles. The van der Waals surface area contributed by atoms with Gasteiger partial charge in [-0.25, -0.2) is 9.07 Å². The van der Waals surface area contributed by atoms with Crippen LogP contribution >= 0.6 is 0 Å². The number of hydrogen-bond donors (Lipinski definition) is 1. The molecule has 0 fully saturated rings. The summed E-state index contributed by atoms with van der Waals surface area (Å²) < 4.78 is 22.9. The Balaban J connectivity index is 1.74. The van der Waals surface area contributed by atoms with E-state index in [1.807, 2.05) is 63.4 Å². The number of halogens is 1. The highest BCUT2D eigenvalue weighted by atomic mass is 19.1. The summed E-state index contributed by atoms with van der Waals surface area (Å²) in [6, 6.07) is 17.2. The van der Waals surface area contributed by atoms with Crippen molar-refractivity contribution in [3.8, 4) is 11.3 Å². The third-order valence-electron chi connectivity index (χ3n) is 6.22. The maximum absolute atomic E-state index is 15.1. The highest BCUT2D eigenvalue weighted by Crippen LogP contribution is 2.49. The van der Waals surface area contributed by atoms with E-state index in [0.717, 1.165) is 33.9 Å². The highest BCUT2D eigenvalue weighted by molar-refractivity contribution is 5.83. The molecule has 1 N–H and O–H groups in total. The molecule has 2 atom stereocenters. The summed E-state index contributed by atoms with van der Waals surface area (Å²) >= 11 is 0. The quantitative estimate of drug-likeness (QED) is 0.483. The van der Waals surface area contributed by atoms with Gasteiger partial charge in [0.1, 0.15) is 5.82 Å². The zero-order valence-corrected chi connectivity index (χ0v) is 19.0. The minimum absolute atomic E-state index is 0.374. The number of anilines is 2. The van der Waals surface area contributed by atoms with Crippen LogP contribution in [0.4, 0.5) is 15.8 Å². The van der Waals surface area contributed by atoms with Crippen molar-refractivity contribution in [2.75, 3.05) is 17.3 Å². The van der Waals surface area contributed by atoms with E-state index in [2.05, 4.69) is 31.6 Å². The van der Waals surface area contributed by atoms with Gasteiger partial charge in [-0.3, -0.25) is 4.98 Å². The molecule has 0 aliphatic carbocycles. The maximum atomic E-state index is 15.1. The number of methoxy groups -OCH3 is 1. The largest absolute Gasteiger partial charge is 0.342 e. The minimum Gasteiger partial charge on any atom is -0.342 e. The number of benzene rings is 2. The molecule has 4 aromatic rings. The second-order valence-electron chi connectivity index (χ2n) is 8.27. The Labute approximate surface area is 191 Å². The van der Waals surface area contributed by atoms with E-state index in [0.29, 0.717) is 5.56 Å². The summed E-state index contributed by atoms with van der Waals surface area (Å²) in [5.41, 5.74) is 5.96. The normalized spacial score (nSPS) is 18.2. The van der Waals surface area contributed by atoms with Gasteiger partial charge in [0, 0.05) is 38.4 Å². The Kier molecular flexibility index (Phi) is 5.09. The number of pyridine rings is 1. The number of fused-ring (bicyclic) bond motifs is 1. The summed E-state index contributed by atoms with van der Waals surface area (Å²) in [4.78, 5) is 6.04. The molecule has 3 heterocycles. The van der Waals surface area contributed by atoms with Crippen molar-refractivity contribution < 1.29 is 9.13 Å². The van der Waals surface area contributed by atoms with Crippen LogP contribution in [0.15, 0.2) is 67.0 Å². The van der Waals surface area contributed by atoms with Gasteiger partial charge in [-0.05, 0) is 30.7 Å². The van der Waals surface area contributed by atoms with Gasteiger partial charge in [-0.1, -0.05) is 41.6 Å². The number of nitrogens with zero attached hydrogens (tertiary/aromatic N) is 5. The molecule has 0 amide bonds. The Morgan fingerprint density at radius 3 is 2.58 bits per heavy atom. The van der Waals surface area contributed by atoms with Gasteiger partial charge in [0.15, 0.2) is 0 Å². The van der Waals surface area contributed by atoms with Crippen LogP contribution in [0.3, 0.4) is 0 Å². The number of aryl methyl sites for hydroxylation is 2. The Hall–Kier alpha value is -3.78. The van der Waals surface area contributed by atoms with Crippen molar-refractivity contribution in [1.29, 1.82) is 0 Å². The molecule has 0 bridgehead atoms. The molecule has 5 rings (SSSR count). The van der Waals surface area contributed by atoms with Gasteiger partial charge in [0.25, 0.3) is 0 Å². The first-order valence-corrected chi connectivity index (χ1v) is 10.7. The third-order valence-corrected chi connectivity index (χ3v) is 6.22. The van der Waals surface area contributed by atoms with E-state index in [-0.39, 0.29) is 5.82 Å². The molecule has 0 spiro atoms. The van der Waals surface area contributed by atoms with E-state index in [1.165, 1.54) is 6.20 Å². The van der Waals surface area contributed by atoms with Crippen LogP contribution in [-0.4, -0.2) is 32.9 Å². The Morgan fingerprint density at radius 2 is 1.91 bits per heavy atom. The average molecular weight is 445 g/mol. The van der Waals surface area contributed by atoms with E-state index in [1.54, 1.807) is 24.1 Å². The first-order valence-electron chi connectivity index (χ1n) is 10.7. The van der Waals surface area contributed by atoms with Gasteiger partial charge < -0.3 is 15.0 Å². The molecule has 7 nitrogen and oxygen atoms in total. The molecule has 33 heavy (non-hydrogen) atoms. The zero-order chi connectivity index (χ0) is 23.2. The van der Waals surface area contributed by atoms with Gasteiger partial charge in [0.2, 0.25) is 5.85 Å². The molecule has 1 aliphatic heterocycles. The molecule has 0 radical (unpaired) electrons. The molecule has 2 unspecified atom stereocenters. The van der Waals surface area contributed by atoms with Crippen LogP contribution in [-0.2, 0) is 11.8 Å². The monoisotopic (exact) mass is 444 g/mol. The van der Waals surface area contributed by atoms with E-state index in [9.17, 15) is 0 Å². The second kappa shape index (κ2) is 7.97. The molecule has 0 saturated carbocycles. The number of rotatable bonds is 5. The standard InChI is InChI=1S/C25H25FN6O/c1-16-23(31(3)30-29-16)18-10-11-21-22(14-18)32(25(2,28-21)33-4)24(17-8-6-5-7-9-17)19-12-13-27-15-20(19)26/h5-15,24,28H,1-4H3. The van der Waals surface area contributed by atoms with E-state index in [4.69, 9.17) is 4.74 Å². The average Bonchev–Trinajstić information content (AvgIpc) is 3.31. The van der Waals surface area contributed by atoms with Gasteiger partial charge >= 0.3 is 0 Å². The first-order chi connectivity index (χ1) is 15.9. The topological polar surface area (TPSA) is 68.1 Å². The number of hydrogen-bond acceptors (Lipinski definition) is 6. The lowest BCUT2D eigenvalue weighted by atomic mass is 9.96. The van der Waals surface area contributed by atoms with Gasteiger partial charge in [-0.2, -0.15) is 0 Å². The van der Waals surface area contributed by atoms with Crippen LogP contribution in [0.25, 0.3) is 11.3 Å². The first kappa shape index (κ1) is 21.1. The molecular weight excluding hydrogens is 419 g/mol. The lowest BCUT2D eigenvalue weighted by Gasteiger charge is -2.41. The maximum Gasteiger partial charge on any atom is 0.216 e. The Morgan fingerprint density at radius 1 is 1.12 bits per heavy atom. The second-order valence-corrected chi connectivity index (χ2v) is 8.27. The van der Waals surface area contributed by atoms with E-state index >= 15 is 4.39 Å². The summed E-state index contributed by atoms with van der Waals surface area (Å²) in [6.45, 7) is 3.88. The van der Waals surface area contributed by atoms with Gasteiger partial charge in [0.05, 0.1) is 35.0 Å². The molecule has 168 valence electrons. The van der Waals surface area contributed by atoms with Crippen molar-refractivity contribution >= 4 is 11.4 Å². The van der Waals surface area contributed by atoms with Crippen molar-refractivity contribution in [2.45, 2.75) is 25.7 Å². The fraction of sp³-hybridized carbons (Fsp3) is 0.240. The van der Waals surface area contributed by atoms with Crippen molar-refractivity contribution in [2.24, 2.45) is 7.05 Å². The summed E-state index contributed by atoms with van der Waals surface area (Å²) in [6.07, 6.45) is 2.87. The van der Waals surface area contributed by atoms with Crippen molar-refractivity contribution in [3.05, 3.63) is 89.6 Å². The van der Waals surface area contributed by atoms with Crippen molar-refractivity contribution in [3.63, 3.8) is 0 Å². The number of aromatic nitrogens is 4. The summed E-state index contributed by atoms with van der Waals surface area (Å²) in [5.74, 6) is -1.29. The Bertz CT molecular complexity index is 1290. The van der Waals surface area contributed by atoms with Crippen LogP contribution < -0.4 is 10.2 Å². The predicted octanol–water partition coefficient (Wildman–Crippen LogP) is 4.67. The SMILES string of the molecule is COC1(C)Nc2ccc(-c3c(C)nnn3C)cc2N1C(c1ccccc1)c1ccncc1F. The van der Waals surface area contributed by atoms with Crippen molar-refractivity contribution in [1.82, 2.24) is 20.0 Å². The lowest BCUT2D eigenvalue weighted by molar-refractivity contribution is 0.0283. The predicted molar refractivity (Wildman–Crippen MR) is 125 cm³/mol. The lowest BCUT2D eigenvalue weighted by Crippen LogP contribution is -2.51. The van der Waals surface area contributed by atoms with E-state index < -0.39 is 11.9 Å². The molecule has 8 heteroatoms. The van der Waals surface area contributed by atoms with Crippen LogP contribution in [0, 0.1) is 12.7 Å². The summed E-state index contributed by atoms with van der Waals surface area (Å²) in [7, 11) is 3.52. The minimum atomic E-state index is -0.920. The van der Waals surface area contributed by atoms with Crippen LogP contribution in [0.2, 0.25) is 0 Å². The van der Waals surface area contributed by atoms with Gasteiger partial charge in [-0.15, -0.1) is 5.10 Å². The molecule has 0 saturated heterocycles. The number of ether oxygens (including phenoxy) is 1. The third kappa shape index (κ3) is 3.43. The summed E-state index contributed by atoms with van der Waals surface area (Å²) in [5, 5.41) is 11.8.